The fourth-order valence-corrected chi connectivity index (χ4v) is 9.22. The van der Waals surface area contributed by atoms with Gasteiger partial charge in [-0.1, -0.05) is 33.6 Å². The van der Waals surface area contributed by atoms with Gasteiger partial charge in [-0.25, -0.2) is 0 Å². The Morgan fingerprint density at radius 2 is 1.80 bits per heavy atom. The fourth-order valence-electron chi connectivity index (χ4n) is 9.22. The average Bonchev–Trinajstić information content (AvgIpc) is 3.30. The zero-order chi connectivity index (χ0) is 21.1. The van der Waals surface area contributed by atoms with Crippen molar-refractivity contribution >= 4 is 7.12 Å². The molecule has 0 amide bonds. The molecule has 1 saturated heterocycles. The van der Waals surface area contributed by atoms with E-state index in [0.29, 0.717) is 29.6 Å². The Balaban J connectivity index is 1.34. The maximum Gasteiger partial charge on any atom is 0.457 e. The summed E-state index contributed by atoms with van der Waals surface area (Å²) in [6.07, 6.45) is 12.1. The molecule has 0 aromatic heterocycles. The average molecular weight is 418 g/mol. The van der Waals surface area contributed by atoms with E-state index in [0.717, 1.165) is 38.6 Å². The van der Waals surface area contributed by atoms with E-state index >= 15 is 0 Å². The summed E-state index contributed by atoms with van der Waals surface area (Å²) in [5, 5.41) is 21.8. The third kappa shape index (κ3) is 3.33. The summed E-state index contributed by atoms with van der Waals surface area (Å²) < 4.78 is 12.4. The quantitative estimate of drug-likeness (QED) is 0.651. The lowest BCUT2D eigenvalue weighted by Crippen LogP contribution is -2.59. The summed E-state index contributed by atoms with van der Waals surface area (Å²) in [6.45, 7) is 7.88. The molecule has 170 valence electrons. The zero-order valence-corrected chi connectivity index (χ0v) is 19.4. The van der Waals surface area contributed by atoms with Gasteiger partial charge >= 0.3 is 7.12 Å². The molecule has 5 unspecified atom stereocenters. The van der Waals surface area contributed by atoms with Gasteiger partial charge in [0.15, 0.2) is 0 Å². The van der Waals surface area contributed by atoms with Gasteiger partial charge in [0.1, 0.15) is 0 Å². The Morgan fingerprint density at radius 3 is 2.60 bits per heavy atom. The van der Waals surface area contributed by atoms with E-state index in [-0.39, 0.29) is 36.3 Å². The number of hydrogen-bond donors (Lipinski definition) is 2. The highest BCUT2D eigenvalue weighted by atomic mass is 16.6. The van der Waals surface area contributed by atoms with Crippen LogP contribution < -0.4 is 0 Å². The largest absolute Gasteiger partial charge is 0.457 e. The minimum atomic E-state index is -0.210. The standard InChI is InChI=1S/C25H43BO4/c1-4-5-12-26-29-15-22(30-26)20-9-8-19-18-7-6-16-13-17(27)10-11-24(16,2)23(18)21(28)14-25(19,20)3/h16-23,27-28H,4-15H2,1-3H3/t16?,17?,18-,19-,20?,21?,22?,23+,24-,25-/m0/s1. The minimum Gasteiger partial charge on any atom is -0.408 e. The maximum atomic E-state index is 11.6. The van der Waals surface area contributed by atoms with Crippen LogP contribution in [-0.4, -0.2) is 42.3 Å². The van der Waals surface area contributed by atoms with Crippen LogP contribution in [0.15, 0.2) is 0 Å². The number of rotatable bonds is 4. The molecule has 0 spiro atoms. The molecular weight excluding hydrogens is 375 g/mol. The first kappa shape index (κ1) is 21.7. The lowest BCUT2D eigenvalue weighted by Gasteiger charge is -2.62. The van der Waals surface area contributed by atoms with Crippen LogP contribution in [-0.2, 0) is 9.31 Å². The first-order valence-electron chi connectivity index (χ1n) is 13.0. The van der Waals surface area contributed by atoms with E-state index in [1.54, 1.807) is 0 Å². The monoisotopic (exact) mass is 418 g/mol. The lowest BCUT2D eigenvalue weighted by atomic mass is 9.44. The second-order valence-electron chi connectivity index (χ2n) is 12.0. The number of fused-ring (bicyclic) bond motifs is 5. The van der Waals surface area contributed by atoms with Crippen molar-refractivity contribution in [2.45, 2.75) is 110 Å². The molecule has 5 heteroatoms. The van der Waals surface area contributed by atoms with Crippen LogP contribution in [0.4, 0.5) is 0 Å². The highest BCUT2D eigenvalue weighted by molar-refractivity contribution is 6.45. The summed E-state index contributed by atoms with van der Waals surface area (Å²) in [6, 6.07) is 0. The third-order valence-corrected chi connectivity index (χ3v) is 10.7. The smallest absolute Gasteiger partial charge is 0.408 e. The molecule has 0 aromatic carbocycles. The predicted molar refractivity (Wildman–Crippen MR) is 119 cm³/mol. The van der Waals surface area contributed by atoms with Gasteiger partial charge < -0.3 is 19.5 Å². The SMILES string of the molecule is CCCCB1OCC(C2CC[C@H]3[C@@H]4CCC5CC(O)CC[C@]5(C)[C@H]4C(O)C[C@]23C)O1. The van der Waals surface area contributed by atoms with Crippen molar-refractivity contribution in [2.75, 3.05) is 6.61 Å². The van der Waals surface area contributed by atoms with Gasteiger partial charge in [0.25, 0.3) is 0 Å². The number of unbranched alkanes of at least 4 members (excludes halogenated alkanes) is 1. The molecule has 4 aliphatic carbocycles. The van der Waals surface area contributed by atoms with Crippen LogP contribution >= 0.6 is 0 Å². The van der Waals surface area contributed by atoms with E-state index < -0.39 is 0 Å². The summed E-state index contributed by atoms with van der Waals surface area (Å²) in [7, 11) is -0.0121. The molecule has 30 heavy (non-hydrogen) atoms. The van der Waals surface area contributed by atoms with Crippen molar-refractivity contribution in [3.05, 3.63) is 0 Å². The normalized spacial score (nSPS) is 53.3. The molecule has 2 N–H and O–H groups in total. The Morgan fingerprint density at radius 1 is 1.00 bits per heavy atom. The van der Waals surface area contributed by atoms with E-state index in [4.69, 9.17) is 9.31 Å². The molecule has 4 nitrogen and oxygen atoms in total. The van der Waals surface area contributed by atoms with E-state index in [1.165, 1.54) is 38.5 Å². The molecule has 1 heterocycles. The Labute approximate surface area is 183 Å². The molecule has 5 aliphatic rings. The highest BCUT2D eigenvalue weighted by Crippen LogP contribution is 2.68. The fraction of sp³-hybridized carbons (Fsp3) is 1.00. The van der Waals surface area contributed by atoms with Gasteiger partial charge in [-0.2, -0.15) is 0 Å². The number of aliphatic hydroxyl groups excluding tert-OH is 2. The molecule has 1 aliphatic heterocycles. The topological polar surface area (TPSA) is 58.9 Å². The molecular formula is C25H43BO4. The van der Waals surface area contributed by atoms with Gasteiger partial charge in [0, 0.05) is 0 Å². The van der Waals surface area contributed by atoms with Crippen molar-refractivity contribution in [1.82, 2.24) is 0 Å². The van der Waals surface area contributed by atoms with Crippen LogP contribution in [0.1, 0.15) is 85.0 Å². The molecule has 5 rings (SSSR count). The van der Waals surface area contributed by atoms with Gasteiger partial charge in [-0.05, 0) is 98.1 Å². The van der Waals surface area contributed by atoms with Crippen molar-refractivity contribution in [3.63, 3.8) is 0 Å². The molecule has 0 radical (unpaired) electrons. The first-order chi connectivity index (χ1) is 14.4. The summed E-state index contributed by atoms with van der Waals surface area (Å²) in [5.74, 6) is 2.86. The Hall–Kier alpha value is -0.0951. The van der Waals surface area contributed by atoms with E-state index in [9.17, 15) is 10.2 Å². The van der Waals surface area contributed by atoms with Crippen molar-refractivity contribution in [3.8, 4) is 0 Å². The Bertz CT molecular complexity index is 630. The summed E-state index contributed by atoms with van der Waals surface area (Å²) >= 11 is 0. The van der Waals surface area contributed by atoms with Crippen molar-refractivity contribution < 1.29 is 19.5 Å². The first-order valence-corrected chi connectivity index (χ1v) is 13.0. The van der Waals surface area contributed by atoms with Crippen molar-refractivity contribution in [1.29, 1.82) is 0 Å². The van der Waals surface area contributed by atoms with E-state index in [2.05, 4.69) is 20.8 Å². The maximum absolute atomic E-state index is 11.6. The summed E-state index contributed by atoms with van der Waals surface area (Å²) in [4.78, 5) is 0. The van der Waals surface area contributed by atoms with Crippen molar-refractivity contribution in [2.24, 2.45) is 40.4 Å². The second-order valence-corrected chi connectivity index (χ2v) is 12.0. The highest BCUT2D eigenvalue weighted by Gasteiger charge is 2.64. The zero-order valence-electron chi connectivity index (χ0n) is 19.4. The van der Waals surface area contributed by atoms with Crippen LogP contribution in [0.25, 0.3) is 0 Å². The van der Waals surface area contributed by atoms with Crippen LogP contribution in [0.3, 0.4) is 0 Å². The molecule has 0 aromatic rings. The second kappa shape index (κ2) is 8.04. The molecule has 4 saturated carbocycles. The van der Waals surface area contributed by atoms with Gasteiger partial charge in [-0.3, -0.25) is 0 Å². The Kier molecular flexibility index (Phi) is 5.83. The minimum absolute atomic E-state index is 0.0121. The molecule has 0 bridgehead atoms. The van der Waals surface area contributed by atoms with Gasteiger partial charge in [-0.15, -0.1) is 0 Å². The van der Waals surface area contributed by atoms with Crippen LogP contribution in [0.5, 0.6) is 0 Å². The molecule has 10 atom stereocenters. The third-order valence-electron chi connectivity index (χ3n) is 10.7. The van der Waals surface area contributed by atoms with Crippen LogP contribution in [0.2, 0.25) is 6.32 Å². The summed E-state index contributed by atoms with van der Waals surface area (Å²) in [5.41, 5.74) is 0.380. The predicted octanol–water partition coefficient (Wildman–Crippen LogP) is 4.68. The van der Waals surface area contributed by atoms with Crippen LogP contribution in [0, 0.1) is 40.4 Å². The number of aliphatic hydroxyl groups is 2. The molecule has 5 fully saturated rings. The van der Waals surface area contributed by atoms with E-state index in [1.807, 2.05) is 0 Å². The lowest BCUT2D eigenvalue weighted by molar-refractivity contribution is -0.181. The number of hydrogen-bond acceptors (Lipinski definition) is 4. The van der Waals surface area contributed by atoms with Gasteiger partial charge in [0.2, 0.25) is 0 Å². The van der Waals surface area contributed by atoms with Gasteiger partial charge in [0.05, 0.1) is 24.9 Å².